The summed E-state index contributed by atoms with van der Waals surface area (Å²) in [4.78, 5) is 21.4. The third-order valence-corrected chi connectivity index (χ3v) is 2.44. The molecule has 0 radical (unpaired) electrons. The zero-order chi connectivity index (χ0) is 10.7. The van der Waals surface area contributed by atoms with E-state index in [0.717, 1.165) is 13.1 Å². The summed E-state index contributed by atoms with van der Waals surface area (Å²) in [6.45, 7) is 3.08. The van der Waals surface area contributed by atoms with Gasteiger partial charge in [-0.05, 0) is 0 Å². The van der Waals surface area contributed by atoms with Gasteiger partial charge in [0.1, 0.15) is 10.8 Å². The minimum absolute atomic E-state index is 0.0827. The molecule has 0 aromatic carbocycles. The number of amides is 1. The van der Waals surface area contributed by atoms with Crippen molar-refractivity contribution in [3.05, 3.63) is 23.2 Å². The topological polar surface area (TPSA) is 58.1 Å². The maximum Gasteiger partial charge on any atom is 0.274 e. The minimum Gasteiger partial charge on any atom is -0.335 e. The molecule has 0 spiro atoms. The number of aromatic nitrogens is 2. The summed E-state index contributed by atoms with van der Waals surface area (Å²) in [7, 11) is 0. The van der Waals surface area contributed by atoms with Crippen LogP contribution in [-0.2, 0) is 0 Å². The normalized spacial score (nSPS) is 16.5. The molecule has 0 aliphatic carbocycles. The van der Waals surface area contributed by atoms with Crippen molar-refractivity contribution in [3.8, 4) is 0 Å². The fraction of sp³-hybridized carbons (Fsp3) is 0.444. The van der Waals surface area contributed by atoms with E-state index in [1.807, 2.05) is 0 Å². The maximum atomic E-state index is 11.9. The van der Waals surface area contributed by atoms with E-state index in [2.05, 4.69) is 15.3 Å². The van der Waals surface area contributed by atoms with E-state index < -0.39 is 0 Å². The SMILES string of the molecule is O=C(c1cnc(Cl)cn1)N1CCNCC1. The molecule has 1 aromatic rings. The fourth-order valence-electron chi connectivity index (χ4n) is 1.45. The van der Waals surface area contributed by atoms with E-state index in [9.17, 15) is 4.79 Å². The van der Waals surface area contributed by atoms with E-state index in [1.54, 1.807) is 4.90 Å². The number of carbonyl (C=O) groups excluding carboxylic acids is 1. The van der Waals surface area contributed by atoms with Crippen molar-refractivity contribution in [3.63, 3.8) is 0 Å². The van der Waals surface area contributed by atoms with E-state index in [-0.39, 0.29) is 5.91 Å². The van der Waals surface area contributed by atoms with Crippen LogP contribution in [0.3, 0.4) is 0 Å². The molecule has 2 rings (SSSR count). The second-order valence-corrected chi connectivity index (χ2v) is 3.65. The summed E-state index contributed by atoms with van der Waals surface area (Å²) in [5.74, 6) is -0.0827. The van der Waals surface area contributed by atoms with Gasteiger partial charge in [0.2, 0.25) is 0 Å². The number of piperazine rings is 1. The molecular weight excluding hydrogens is 216 g/mol. The number of hydrogen-bond donors (Lipinski definition) is 1. The average molecular weight is 227 g/mol. The van der Waals surface area contributed by atoms with Gasteiger partial charge in [-0.15, -0.1) is 0 Å². The Hall–Kier alpha value is -1.20. The van der Waals surface area contributed by atoms with Crippen LogP contribution in [0, 0.1) is 0 Å². The Balaban J connectivity index is 2.09. The van der Waals surface area contributed by atoms with Crippen LogP contribution in [0.5, 0.6) is 0 Å². The third kappa shape index (κ3) is 2.43. The molecule has 0 atom stereocenters. The van der Waals surface area contributed by atoms with E-state index in [0.29, 0.717) is 23.9 Å². The number of nitrogens with zero attached hydrogens (tertiary/aromatic N) is 3. The van der Waals surface area contributed by atoms with Crippen molar-refractivity contribution < 1.29 is 4.79 Å². The molecule has 1 aromatic heterocycles. The first-order valence-electron chi connectivity index (χ1n) is 4.75. The van der Waals surface area contributed by atoms with E-state index in [4.69, 9.17) is 11.6 Å². The molecule has 0 saturated carbocycles. The van der Waals surface area contributed by atoms with Gasteiger partial charge in [0.15, 0.2) is 0 Å². The van der Waals surface area contributed by atoms with Gasteiger partial charge in [-0.3, -0.25) is 4.79 Å². The Labute approximate surface area is 92.5 Å². The molecule has 80 valence electrons. The lowest BCUT2D eigenvalue weighted by molar-refractivity contribution is 0.0729. The summed E-state index contributed by atoms with van der Waals surface area (Å²) in [5.41, 5.74) is 0.348. The zero-order valence-corrected chi connectivity index (χ0v) is 8.87. The predicted molar refractivity (Wildman–Crippen MR) is 55.8 cm³/mol. The highest BCUT2D eigenvalue weighted by molar-refractivity contribution is 6.29. The van der Waals surface area contributed by atoms with Crippen molar-refractivity contribution in [2.75, 3.05) is 26.2 Å². The summed E-state index contributed by atoms with van der Waals surface area (Å²) in [6.07, 6.45) is 2.80. The smallest absolute Gasteiger partial charge is 0.274 e. The molecule has 0 unspecified atom stereocenters. The molecule has 1 N–H and O–H groups in total. The van der Waals surface area contributed by atoms with Gasteiger partial charge in [-0.25, -0.2) is 9.97 Å². The first kappa shape index (κ1) is 10.3. The summed E-state index contributed by atoms with van der Waals surface area (Å²) in [6, 6.07) is 0. The van der Waals surface area contributed by atoms with Crippen molar-refractivity contribution in [1.29, 1.82) is 0 Å². The Morgan fingerprint density at radius 3 is 2.67 bits per heavy atom. The molecule has 1 amide bonds. The molecule has 15 heavy (non-hydrogen) atoms. The first-order valence-corrected chi connectivity index (χ1v) is 5.13. The molecule has 1 saturated heterocycles. The predicted octanol–water partition coefficient (Wildman–Crippen LogP) is 0.175. The zero-order valence-electron chi connectivity index (χ0n) is 8.11. The van der Waals surface area contributed by atoms with Crippen LogP contribution in [0.15, 0.2) is 12.4 Å². The van der Waals surface area contributed by atoms with Gasteiger partial charge >= 0.3 is 0 Å². The quantitative estimate of drug-likeness (QED) is 0.742. The lowest BCUT2D eigenvalue weighted by atomic mass is 10.3. The molecule has 1 aliphatic heterocycles. The van der Waals surface area contributed by atoms with Crippen molar-refractivity contribution in [1.82, 2.24) is 20.2 Å². The maximum absolute atomic E-state index is 11.9. The Morgan fingerprint density at radius 1 is 1.33 bits per heavy atom. The van der Waals surface area contributed by atoms with Crippen molar-refractivity contribution in [2.45, 2.75) is 0 Å². The average Bonchev–Trinajstić information content (AvgIpc) is 2.30. The van der Waals surface area contributed by atoms with Gasteiger partial charge in [-0.2, -0.15) is 0 Å². The van der Waals surface area contributed by atoms with Gasteiger partial charge in [0.05, 0.1) is 12.4 Å². The highest BCUT2D eigenvalue weighted by Gasteiger charge is 2.18. The van der Waals surface area contributed by atoms with Crippen LogP contribution < -0.4 is 5.32 Å². The number of rotatable bonds is 1. The second kappa shape index (κ2) is 4.55. The van der Waals surface area contributed by atoms with Crippen LogP contribution in [0.2, 0.25) is 5.15 Å². The molecular formula is C9H11ClN4O. The monoisotopic (exact) mass is 226 g/mol. The van der Waals surface area contributed by atoms with Gasteiger partial charge in [0, 0.05) is 26.2 Å². The summed E-state index contributed by atoms with van der Waals surface area (Å²) in [5, 5.41) is 3.48. The standard InChI is InChI=1S/C9H11ClN4O/c10-8-6-12-7(5-13-8)9(15)14-3-1-11-2-4-14/h5-6,11H,1-4H2. The van der Waals surface area contributed by atoms with Crippen LogP contribution in [0.4, 0.5) is 0 Å². The van der Waals surface area contributed by atoms with Gasteiger partial charge in [-0.1, -0.05) is 11.6 Å². The number of halogens is 1. The minimum atomic E-state index is -0.0827. The molecule has 5 nitrogen and oxygen atoms in total. The summed E-state index contributed by atoms with van der Waals surface area (Å²) >= 11 is 5.59. The molecule has 6 heteroatoms. The van der Waals surface area contributed by atoms with Crippen LogP contribution >= 0.6 is 11.6 Å². The van der Waals surface area contributed by atoms with Crippen molar-refractivity contribution >= 4 is 17.5 Å². The highest BCUT2D eigenvalue weighted by atomic mass is 35.5. The Kier molecular flexibility index (Phi) is 3.13. The Morgan fingerprint density at radius 2 is 2.07 bits per heavy atom. The fourth-order valence-corrected chi connectivity index (χ4v) is 1.55. The highest BCUT2D eigenvalue weighted by Crippen LogP contribution is 2.05. The van der Waals surface area contributed by atoms with E-state index in [1.165, 1.54) is 12.4 Å². The number of hydrogen-bond acceptors (Lipinski definition) is 4. The second-order valence-electron chi connectivity index (χ2n) is 3.27. The molecule has 0 bridgehead atoms. The molecule has 1 fully saturated rings. The summed E-state index contributed by atoms with van der Waals surface area (Å²) < 4.78 is 0. The lowest BCUT2D eigenvalue weighted by Gasteiger charge is -2.26. The van der Waals surface area contributed by atoms with Gasteiger partial charge < -0.3 is 10.2 Å². The first-order chi connectivity index (χ1) is 7.27. The van der Waals surface area contributed by atoms with Crippen LogP contribution in [0.25, 0.3) is 0 Å². The van der Waals surface area contributed by atoms with Gasteiger partial charge in [0.25, 0.3) is 5.91 Å². The number of carbonyl (C=O) groups is 1. The molecule has 2 heterocycles. The Bertz CT molecular complexity index is 348. The van der Waals surface area contributed by atoms with Crippen molar-refractivity contribution in [2.24, 2.45) is 0 Å². The van der Waals surface area contributed by atoms with Crippen LogP contribution in [0.1, 0.15) is 10.5 Å². The van der Waals surface area contributed by atoms with Crippen LogP contribution in [-0.4, -0.2) is 47.0 Å². The van der Waals surface area contributed by atoms with E-state index >= 15 is 0 Å². The lowest BCUT2D eigenvalue weighted by Crippen LogP contribution is -2.46. The third-order valence-electron chi connectivity index (χ3n) is 2.24. The molecule has 1 aliphatic rings. The largest absolute Gasteiger partial charge is 0.335 e. The number of nitrogens with one attached hydrogen (secondary N) is 1.